The Kier molecular flexibility index (Phi) is 8.76. The molecule has 1 atom stereocenters. The Morgan fingerprint density at radius 2 is 2.10 bits per heavy atom. The molecular formula is C16H23N3O2. The first-order valence-corrected chi connectivity index (χ1v) is 7.16. The summed E-state index contributed by atoms with van der Waals surface area (Å²) < 4.78 is 10.7. The van der Waals surface area contributed by atoms with E-state index in [-0.39, 0.29) is 6.04 Å². The fraction of sp³-hybridized carbons (Fsp3) is 0.500. The molecule has 0 aliphatic rings. The predicted octanol–water partition coefficient (Wildman–Crippen LogP) is 4.64. The zero-order valence-corrected chi connectivity index (χ0v) is 12.6. The van der Waals surface area contributed by atoms with Crippen LogP contribution in [0.4, 0.5) is 0 Å². The van der Waals surface area contributed by atoms with Crippen molar-refractivity contribution in [3.63, 3.8) is 0 Å². The van der Waals surface area contributed by atoms with Gasteiger partial charge in [-0.25, -0.2) is 0 Å². The van der Waals surface area contributed by atoms with Gasteiger partial charge in [0.15, 0.2) is 0 Å². The molecule has 0 fully saturated rings. The molecule has 0 aromatic heterocycles. The zero-order valence-electron chi connectivity index (χ0n) is 12.6. The highest BCUT2D eigenvalue weighted by atomic mass is 16.5. The van der Waals surface area contributed by atoms with Gasteiger partial charge in [0.25, 0.3) is 0 Å². The summed E-state index contributed by atoms with van der Waals surface area (Å²) in [6.07, 6.45) is 5.35. The van der Waals surface area contributed by atoms with E-state index >= 15 is 0 Å². The van der Waals surface area contributed by atoms with E-state index < -0.39 is 0 Å². The minimum atomic E-state index is 0.0223. The molecule has 0 aliphatic carbocycles. The molecule has 21 heavy (non-hydrogen) atoms. The second-order valence-corrected chi connectivity index (χ2v) is 4.78. The van der Waals surface area contributed by atoms with Crippen LogP contribution >= 0.6 is 0 Å². The molecule has 0 amide bonds. The van der Waals surface area contributed by atoms with Crippen molar-refractivity contribution in [3.05, 3.63) is 52.9 Å². The highest BCUT2D eigenvalue weighted by Crippen LogP contribution is 2.13. The number of hydrogen-bond acceptors (Lipinski definition) is 3. The Morgan fingerprint density at radius 1 is 1.33 bits per heavy atom. The summed E-state index contributed by atoms with van der Waals surface area (Å²) in [5, 5.41) is 3.75. The molecular weight excluding hydrogens is 266 g/mol. The molecule has 5 heteroatoms. The lowest BCUT2D eigenvalue weighted by Crippen LogP contribution is -2.03. The molecule has 0 unspecified atom stereocenters. The summed E-state index contributed by atoms with van der Waals surface area (Å²) in [6, 6.07) is 7.88. The van der Waals surface area contributed by atoms with Crippen LogP contribution in [0.2, 0.25) is 0 Å². The normalized spacial score (nSPS) is 11.5. The first-order valence-electron chi connectivity index (χ1n) is 7.16. The molecule has 1 aromatic rings. The van der Waals surface area contributed by atoms with Gasteiger partial charge in [0.05, 0.1) is 13.7 Å². The van der Waals surface area contributed by atoms with Gasteiger partial charge >= 0.3 is 0 Å². The van der Waals surface area contributed by atoms with E-state index in [4.69, 9.17) is 15.0 Å². The van der Waals surface area contributed by atoms with E-state index in [1.807, 2.05) is 24.3 Å². The summed E-state index contributed by atoms with van der Waals surface area (Å²) >= 11 is 0. The van der Waals surface area contributed by atoms with Crippen LogP contribution in [-0.4, -0.2) is 19.8 Å². The molecule has 0 bridgehead atoms. The Hall–Kier alpha value is -1.97. The number of ether oxygens (including phenoxy) is 2. The number of rotatable bonds is 11. The van der Waals surface area contributed by atoms with Crippen LogP contribution in [0.1, 0.15) is 31.2 Å². The number of methoxy groups -OCH3 is 1. The van der Waals surface area contributed by atoms with Crippen LogP contribution in [0.5, 0.6) is 5.75 Å². The maximum absolute atomic E-state index is 8.46. The van der Waals surface area contributed by atoms with Gasteiger partial charge in [-0.2, -0.15) is 0 Å². The van der Waals surface area contributed by atoms with E-state index in [0.29, 0.717) is 13.2 Å². The van der Waals surface area contributed by atoms with Gasteiger partial charge in [-0.05, 0) is 42.5 Å². The maximum Gasteiger partial charge on any atom is 0.118 e. The maximum atomic E-state index is 8.46. The molecule has 0 saturated heterocycles. The van der Waals surface area contributed by atoms with E-state index in [1.54, 1.807) is 13.2 Å². The Labute approximate surface area is 126 Å². The average molecular weight is 289 g/mol. The zero-order chi connectivity index (χ0) is 15.3. The highest BCUT2D eigenvalue weighted by molar-refractivity contribution is 5.26. The monoisotopic (exact) mass is 289 g/mol. The molecule has 0 saturated carbocycles. The molecule has 114 valence electrons. The van der Waals surface area contributed by atoms with Crippen LogP contribution in [0.3, 0.4) is 0 Å². The van der Waals surface area contributed by atoms with Crippen LogP contribution in [0.15, 0.2) is 42.0 Å². The molecule has 0 spiro atoms. The average Bonchev–Trinajstić information content (AvgIpc) is 2.51. The SMILES string of the molecule is C=CC[C@H](CCCCOCc1ccc(OC)cc1)N=[N+]=[N-]. The van der Waals surface area contributed by atoms with Gasteiger partial charge in [0.1, 0.15) is 5.75 Å². The van der Waals surface area contributed by atoms with Crippen molar-refractivity contribution < 1.29 is 9.47 Å². The Bertz CT molecular complexity index is 453. The van der Waals surface area contributed by atoms with Gasteiger partial charge in [-0.1, -0.05) is 29.7 Å². The van der Waals surface area contributed by atoms with Gasteiger partial charge in [-0.3, -0.25) is 0 Å². The van der Waals surface area contributed by atoms with E-state index in [9.17, 15) is 0 Å². The van der Waals surface area contributed by atoms with E-state index in [0.717, 1.165) is 37.0 Å². The molecule has 0 heterocycles. The number of unbranched alkanes of at least 4 members (excludes halogenated alkanes) is 1. The van der Waals surface area contributed by atoms with E-state index in [2.05, 4.69) is 16.6 Å². The topological polar surface area (TPSA) is 67.2 Å². The summed E-state index contributed by atoms with van der Waals surface area (Å²) in [7, 11) is 1.65. The fourth-order valence-electron chi connectivity index (χ4n) is 1.98. The largest absolute Gasteiger partial charge is 0.497 e. The molecule has 5 nitrogen and oxygen atoms in total. The summed E-state index contributed by atoms with van der Waals surface area (Å²) in [5.74, 6) is 0.852. The number of hydrogen-bond donors (Lipinski definition) is 0. The lowest BCUT2D eigenvalue weighted by Gasteiger charge is -2.08. The third kappa shape index (κ3) is 7.40. The lowest BCUT2D eigenvalue weighted by molar-refractivity contribution is 0.116. The third-order valence-electron chi connectivity index (χ3n) is 3.16. The van der Waals surface area contributed by atoms with Crippen LogP contribution < -0.4 is 4.74 Å². The smallest absolute Gasteiger partial charge is 0.118 e. The summed E-state index contributed by atoms with van der Waals surface area (Å²) in [5.41, 5.74) is 9.59. The summed E-state index contributed by atoms with van der Waals surface area (Å²) in [6.45, 7) is 4.99. The van der Waals surface area contributed by atoms with E-state index in [1.165, 1.54) is 0 Å². The van der Waals surface area contributed by atoms with Gasteiger partial charge < -0.3 is 9.47 Å². The Balaban J connectivity index is 2.13. The minimum Gasteiger partial charge on any atom is -0.497 e. The molecule has 0 radical (unpaired) electrons. The highest BCUT2D eigenvalue weighted by Gasteiger charge is 2.03. The number of benzene rings is 1. The fourth-order valence-corrected chi connectivity index (χ4v) is 1.98. The van der Waals surface area contributed by atoms with Gasteiger partial charge in [-0.15, -0.1) is 6.58 Å². The quantitative estimate of drug-likeness (QED) is 0.196. The van der Waals surface area contributed by atoms with Crippen molar-refractivity contribution in [2.24, 2.45) is 5.11 Å². The van der Waals surface area contributed by atoms with Crippen LogP contribution in [0, 0.1) is 0 Å². The van der Waals surface area contributed by atoms with Crippen molar-refractivity contribution in [1.29, 1.82) is 0 Å². The number of nitrogens with zero attached hydrogens (tertiary/aromatic N) is 3. The second-order valence-electron chi connectivity index (χ2n) is 4.78. The second kappa shape index (κ2) is 10.8. The standard InChI is InChI=1S/C16H23N3O2/c1-3-6-15(18-19-17)7-4-5-12-21-13-14-8-10-16(20-2)11-9-14/h3,8-11,15H,1,4-7,12-13H2,2H3/t15-/m1/s1. The van der Waals surface area contributed by atoms with Crippen LogP contribution in [-0.2, 0) is 11.3 Å². The molecule has 0 N–H and O–H groups in total. The van der Waals surface area contributed by atoms with Gasteiger partial charge in [0.2, 0.25) is 0 Å². The number of azide groups is 1. The first-order chi connectivity index (χ1) is 10.3. The minimum absolute atomic E-state index is 0.0223. The first kappa shape index (κ1) is 17.1. The third-order valence-corrected chi connectivity index (χ3v) is 3.16. The van der Waals surface area contributed by atoms with Crippen molar-refractivity contribution >= 4 is 0 Å². The summed E-state index contributed by atoms with van der Waals surface area (Å²) in [4.78, 5) is 2.86. The molecule has 1 aromatic carbocycles. The van der Waals surface area contributed by atoms with Crippen molar-refractivity contribution in [2.75, 3.05) is 13.7 Å². The van der Waals surface area contributed by atoms with Crippen LogP contribution in [0.25, 0.3) is 10.4 Å². The van der Waals surface area contributed by atoms with Crippen molar-refractivity contribution in [2.45, 2.75) is 38.3 Å². The Morgan fingerprint density at radius 3 is 2.71 bits per heavy atom. The van der Waals surface area contributed by atoms with Crippen molar-refractivity contribution in [1.82, 2.24) is 0 Å². The van der Waals surface area contributed by atoms with Gasteiger partial charge in [0, 0.05) is 17.6 Å². The molecule has 1 rings (SSSR count). The van der Waals surface area contributed by atoms with Crippen molar-refractivity contribution in [3.8, 4) is 5.75 Å². The molecule has 0 aliphatic heterocycles. The lowest BCUT2D eigenvalue weighted by atomic mass is 10.1. The predicted molar refractivity (Wildman–Crippen MR) is 84.2 cm³/mol.